The number of anilines is 4. The van der Waals surface area contributed by atoms with Gasteiger partial charge < -0.3 is 19.1 Å². The quantitative estimate of drug-likeness (QED) is 0.149. The second-order valence-electron chi connectivity index (χ2n) is 22.8. The van der Waals surface area contributed by atoms with Crippen molar-refractivity contribution in [2.45, 2.75) is 105 Å². The molecular formula is C64H63N4OPt-3. The Morgan fingerprint density at radius 3 is 1.84 bits per heavy atom. The minimum Gasteiger partial charge on any atom is -0.509 e. The van der Waals surface area contributed by atoms with Crippen molar-refractivity contribution < 1.29 is 25.8 Å². The molecule has 0 saturated heterocycles. The second kappa shape index (κ2) is 18.1. The number of nitrogens with zero attached hydrogens (tertiary/aromatic N) is 4. The molecule has 10 rings (SSSR count). The molecule has 1 aliphatic heterocycles. The minimum atomic E-state index is -0.163. The number of ether oxygens (including phenoxy) is 1. The maximum atomic E-state index is 6.77. The Balaban J connectivity index is 0.00000608. The van der Waals surface area contributed by atoms with Crippen LogP contribution in [0.15, 0.2) is 158 Å². The number of hydrogen-bond acceptors (Lipinski definition) is 4. The molecule has 0 unspecified atom stereocenters. The second-order valence-corrected chi connectivity index (χ2v) is 22.8. The van der Waals surface area contributed by atoms with E-state index in [1.54, 1.807) is 0 Å². The summed E-state index contributed by atoms with van der Waals surface area (Å²) >= 11 is 0. The molecule has 7 aromatic carbocycles. The topological polar surface area (TPSA) is 33.5 Å². The maximum Gasteiger partial charge on any atom is 0.135 e. The number of hydrogen-bond donors (Lipinski definition) is 0. The van der Waals surface area contributed by atoms with Gasteiger partial charge in [0.05, 0.1) is 0 Å². The third kappa shape index (κ3) is 9.34. The minimum absolute atomic E-state index is 0. The third-order valence-electron chi connectivity index (χ3n) is 13.6. The Hall–Kier alpha value is -6.42. The van der Waals surface area contributed by atoms with Gasteiger partial charge in [0.1, 0.15) is 5.82 Å². The van der Waals surface area contributed by atoms with Gasteiger partial charge in [0.15, 0.2) is 0 Å². The first-order chi connectivity index (χ1) is 32.7. The summed E-state index contributed by atoms with van der Waals surface area (Å²) in [6.45, 7) is 29.4. The zero-order chi connectivity index (χ0) is 48.6. The molecule has 0 saturated carbocycles. The van der Waals surface area contributed by atoms with Gasteiger partial charge in [0, 0.05) is 66.9 Å². The van der Waals surface area contributed by atoms with Crippen molar-refractivity contribution in [1.29, 1.82) is 0 Å². The maximum absolute atomic E-state index is 6.77. The van der Waals surface area contributed by atoms with E-state index in [9.17, 15) is 0 Å². The summed E-state index contributed by atoms with van der Waals surface area (Å²) in [7, 11) is 0. The van der Waals surface area contributed by atoms with Crippen LogP contribution in [-0.2, 0) is 42.7 Å². The molecule has 2 aromatic heterocycles. The summed E-state index contributed by atoms with van der Waals surface area (Å²) in [6, 6.07) is 61.9. The SMILES string of the molecule is CC(C)(C)c1ccc(-c2cnc(-n3c4[c-]c(Oc5[c-]c(N6[CH-]N(c7cccc(C(C)(C)C)c7)c7cc(C(C)(C)C)ccc76)ccc5)ccc4c4cc(-c5ccccc5)ccc43)cc2C(C)(C)C)cc1.[Pt]. The van der Waals surface area contributed by atoms with Crippen LogP contribution in [0.25, 0.3) is 49.9 Å². The standard InChI is InChI=1S/C64H63N4O.Pt/c1-61(2,3)45-27-24-43(25-28-45)54-40-65-60(39-55(54)64(10,11)12)68-56-32-26-44(42-18-14-13-15-19-42)34-53(56)52-31-30-51(38-58(52)68)69-50-23-17-22-49(37-50)66-41-67(48-21-16-20-46(35-48)62(4,5)6)59-36-47(63(7,8)9)29-33-57(59)66;/h13-36,39-41H,1-12H3;/q-3;. The molecule has 0 radical (unpaired) electrons. The molecule has 358 valence electrons. The van der Waals surface area contributed by atoms with Gasteiger partial charge in [-0.3, -0.25) is 0 Å². The summed E-state index contributed by atoms with van der Waals surface area (Å²) in [6.07, 6.45) is 2.05. The molecule has 0 amide bonds. The Morgan fingerprint density at radius 2 is 1.14 bits per heavy atom. The molecule has 5 nitrogen and oxygen atoms in total. The Kier molecular flexibility index (Phi) is 12.5. The monoisotopic (exact) mass is 1100 g/mol. The zero-order valence-corrected chi connectivity index (χ0v) is 44.9. The van der Waals surface area contributed by atoms with Crippen LogP contribution in [0.5, 0.6) is 11.5 Å². The van der Waals surface area contributed by atoms with E-state index in [0.29, 0.717) is 11.5 Å². The first-order valence-corrected chi connectivity index (χ1v) is 24.3. The van der Waals surface area contributed by atoms with E-state index in [0.717, 1.165) is 67.1 Å². The summed E-state index contributed by atoms with van der Waals surface area (Å²) in [5.74, 6) is 2.03. The van der Waals surface area contributed by atoms with Gasteiger partial charge in [-0.2, -0.15) is 12.1 Å². The van der Waals surface area contributed by atoms with Gasteiger partial charge in [-0.05, 0) is 102 Å². The van der Waals surface area contributed by atoms with E-state index in [1.165, 1.54) is 27.8 Å². The van der Waals surface area contributed by atoms with Crippen LogP contribution in [-0.4, -0.2) is 9.55 Å². The molecule has 0 atom stereocenters. The van der Waals surface area contributed by atoms with Crippen molar-refractivity contribution in [1.82, 2.24) is 9.55 Å². The van der Waals surface area contributed by atoms with Crippen LogP contribution in [0.1, 0.15) is 105 Å². The predicted octanol–water partition coefficient (Wildman–Crippen LogP) is 17.5. The predicted molar refractivity (Wildman–Crippen MR) is 290 cm³/mol. The van der Waals surface area contributed by atoms with E-state index >= 15 is 0 Å². The molecule has 9 aromatic rings. The Morgan fingerprint density at radius 1 is 0.486 bits per heavy atom. The molecule has 3 heterocycles. The third-order valence-corrected chi connectivity index (χ3v) is 13.6. The number of rotatable bonds is 7. The van der Waals surface area contributed by atoms with E-state index in [-0.39, 0.29) is 42.7 Å². The van der Waals surface area contributed by atoms with Crippen LogP contribution in [0.3, 0.4) is 0 Å². The van der Waals surface area contributed by atoms with Gasteiger partial charge >= 0.3 is 0 Å². The van der Waals surface area contributed by atoms with Crippen molar-refractivity contribution in [2.75, 3.05) is 9.80 Å². The van der Waals surface area contributed by atoms with Gasteiger partial charge in [0.25, 0.3) is 0 Å². The van der Waals surface area contributed by atoms with Gasteiger partial charge in [-0.1, -0.05) is 174 Å². The van der Waals surface area contributed by atoms with E-state index in [2.05, 4.69) is 256 Å². The molecule has 0 spiro atoms. The fourth-order valence-corrected chi connectivity index (χ4v) is 9.50. The van der Waals surface area contributed by atoms with Gasteiger partial charge in [-0.15, -0.1) is 48.1 Å². The average Bonchev–Trinajstić information content (AvgIpc) is 3.86. The zero-order valence-electron chi connectivity index (χ0n) is 42.6. The summed E-state index contributed by atoms with van der Waals surface area (Å²) in [5.41, 5.74) is 15.8. The molecular weight excluding hydrogens is 1040 g/mol. The van der Waals surface area contributed by atoms with E-state index in [1.807, 2.05) is 18.2 Å². The molecule has 6 heteroatoms. The average molecular weight is 1100 g/mol. The molecule has 0 aliphatic carbocycles. The van der Waals surface area contributed by atoms with E-state index in [4.69, 9.17) is 9.72 Å². The van der Waals surface area contributed by atoms with Crippen LogP contribution in [0.2, 0.25) is 0 Å². The van der Waals surface area contributed by atoms with Gasteiger partial charge in [-0.25, -0.2) is 4.98 Å². The van der Waals surface area contributed by atoms with Crippen molar-refractivity contribution in [2.24, 2.45) is 0 Å². The fourth-order valence-electron chi connectivity index (χ4n) is 9.50. The summed E-state index contributed by atoms with van der Waals surface area (Å²) < 4.78 is 9.02. The number of pyridine rings is 1. The number of benzene rings is 7. The summed E-state index contributed by atoms with van der Waals surface area (Å²) in [5, 5.41) is 2.20. The normalized spacial score (nSPS) is 13.2. The van der Waals surface area contributed by atoms with Crippen molar-refractivity contribution in [3.05, 3.63) is 199 Å². The molecule has 0 fully saturated rings. The smallest absolute Gasteiger partial charge is 0.135 e. The first-order valence-electron chi connectivity index (χ1n) is 24.3. The fraction of sp³-hybridized carbons (Fsp3) is 0.250. The van der Waals surface area contributed by atoms with Crippen molar-refractivity contribution >= 4 is 44.6 Å². The van der Waals surface area contributed by atoms with Crippen LogP contribution >= 0.6 is 0 Å². The van der Waals surface area contributed by atoms with Crippen molar-refractivity contribution in [3.8, 4) is 39.6 Å². The molecule has 0 bridgehead atoms. The molecule has 1 aliphatic rings. The van der Waals surface area contributed by atoms with Gasteiger partial charge in [0.2, 0.25) is 0 Å². The first kappa shape index (κ1) is 48.6. The largest absolute Gasteiger partial charge is 0.509 e. The number of aromatic nitrogens is 2. The van der Waals surface area contributed by atoms with Crippen LogP contribution < -0.4 is 14.5 Å². The Labute approximate surface area is 430 Å². The summed E-state index contributed by atoms with van der Waals surface area (Å²) in [4.78, 5) is 9.78. The Bertz CT molecular complexity index is 3380. The van der Waals surface area contributed by atoms with E-state index < -0.39 is 0 Å². The van der Waals surface area contributed by atoms with Crippen LogP contribution in [0, 0.1) is 18.8 Å². The molecule has 70 heavy (non-hydrogen) atoms. The van der Waals surface area contributed by atoms with Crippen LogP contribution in [0.4, 0.5) is 22.7 Å². The number of fused-ring (bicyclic) bond motifs is 4. The molecule has 0 N–H and O–H groups in total. The van der Waals surface area contributed by atoms with Crippen molar-refractivity contribution in [3.63, 3.8) is 0 Å².